The highest BCUT2D eigenvalue weighted by molar-refractivity contribution is 9.10. The van der Waals surface area contributed by atoms with Crippen LogP contribution in [0.5, 0.6) is 5.75 Å². The van der Waals surface area contributed by atoms with Gasteiger partial charge in [0.15, 0.2) is 0 Å². The van der Waals surface area contributed by atoms with Crippen molar-refractivity contribution in [3.05, 3.63) is 87.9 Å². The molecule has 1 N–H and O–H groups in total. The Balaban J connectivity index is 1.75. The van der Waals surface area contributed by atoms with Gasteiger partial charge in [-0.15, -0.1) is 0 Å². The number of carbonyl (C=O) groups excluding carboxylic acids is 2. The molecule has 0 aliphatic heterocycles. The lowest BCUT2D eigenvalue weighted by atomic mass is 10.1. The Kier molecular flexibility index (Phi) is 6.23. The number of esters is 1. The van der Waals surface area contributed by atoms with Crippen LogP contribution in [0.2, 0.25) is 0 Å². The first-order valence-electron chi connectivity index (χ1n) is 8.21. The zero-order valence-corrected chi connectivity index (χ0v) is 16.4. The second kappa shape index (κ2) is 9.01. The second-order valence-electron chi connectivity index (χ2n) is 5.73. The highest BCUT2D eigenvalue weighted by atomic mass is 79.9. The van der Waals surface area contributed by atoms with E-state index >= 15 is 0 Å². The minimum Gasteiger partial charge on any atom is -0.422 e. The maximum atomic E-state index is 12.4. The number of hydrogen-bond donors (Lipinski definition) is 1. The van der Waals surface area contributed by atoms with E-state index in [-0.39, 0.29) is 5.69 Å². The van der Waals surface area contributed by atoms with E-state index in [0.29, 0.717) is 16.9 Å². The molecule has 1 aromatic heterocycles. The van der Waals surface area contributed by atoms with Crippen molar-refractivity contribution in [2.75, 3.05) is 0 Å². The number of nitrogens with one attached hydrogen (secondary N) is 1. The minimum absolute atomic E-state index is 0.139. The van der Waals surface area contributed by atoms with E-state index in [0.717, 1.165) is 10.0 Å². The summed E-state index contributed by atoms with van der Waals surface area (Å²) in [6.07, 6.45) is 5.60. The smallest absolute Gasteiger partial charge is 0.343 e. The molecule has 0 unspecified atom stereocenters. The van der Waals surface area contributed by atoms with E-state index in [1.54, 1.807) is 36.4 Å². The van der Waals surface area contributed by atoms with E-state index in [1.165, 1.54) is 24.8 Å². The lowest BCUT2D eigenvalue weighted by Crippen LogP contribution is -2.19. The van der Waals surface area contributed by atoms with Crippen LogP contribution >= 0.6 is 15.9 Å². The molecule has 0 fully saturated rings. The minimum atomic E-state index is -0.502. The van der Waals surface area contributed by atoms with Crippen LogP contribution in [0.15, 0.2) is 70.6 Å². The van der Waals surface area contributed by atoms with Gasteiger partial charge in [0.2, 0.25) is 0 Å². The van der Waals surface area contributed by atoms with Gasteiger partial charge in [-0.05, 0) is 37.3 Å². The third-order valence-electron chi connectivity index (χ3n) is 3.59. The van der Waals surface area contributed by atoms with Crippen LogP contribution in [0.25, 0.3) is 0 Å². The molecule has 8 heteroatoms. The molecule has 28 heavy (non-hydrogen) atoms. The van der Waals surface area contributed by atoms with E-state index in [1.807, 2.05) is 13.0 Å². The highest BCUT2D eigenvalue weighted by Gasteiger charge is 2.12. The van der Waals surface area contributed by atoms with Gasteiger partial charge < -0.3 is 4.74 Å². The fourth-order valence-electron chi connectivity index (χ4n) is 2.28. The third kappa shape index (κ3) is 5.08. The van der Waals surface area contributed by atoms with E-state index in [2.05, 4.69) is 36.4 Å². The van der Waals surface area contributed by atoms with Crippen LogP contribution in [0, 0.1) is 6.92 Å². The normalized spacial score (nSPS) is 10.6. The molecule has 0 radical (unpaired) electrons. The number of benzene rings is 2. The first-order valence-corrected chi connectivity index (χ1v) is 9.00. The molecule has 0 saturated heterocycles. The van der Waals surface area contributed by atoms with Gasteiger partial charge in [-0.3, -0.25) is 9.78 Å². The average molecular weight is 439 g/mol. The van der Waals surface area contributed by atoms with Crippen molar-refractivity contribution in [2.45, 2.75) is 6.92 Å². The molecule has 0 atom stereocenters. The second-order valence-corrected chi connectivity index (χ2v) is 6.65. The molecule has 0 aliphatic carbocycles. The van der Waals surface area contributed by atoms with Crippen LogP contribution in [0.1, 0.15) is 32.0 Å². The molecule has 1 heterocycles. The third-order valence-corrected chi connectivity index (χ3v) is 4.09. The number of amides is 1. The molecule has 0 saturated carbocycles. The molecular formula is C20H15BrN4O3. The summed E-state index contributed by atoms with van der Waals surface area (Å²) in [5.41, 5.74) is 4.41. The number of ether oxygens (including phenoxy) is 1. The summed E-state index contributed by atoms with van der Waals surface area (Å²) < 4.78 is 6.27. The van der Waals surface area contributed by atoms with Crippen LogP contribution in [0.4, 0.5) is 0 Å². The number of carbonyl (C=O) groups is 2. The van der Waals surface area contributed by atoms with Gasteiger partial charge in [-0.25, -0.2) is 15.2 Å². The quantitative estimate of drug-likeness (QED) is 0.284. The Labute approximate surface area is 169 Å². The molecule has 1 amide bonds. The molecular weight excluding hydrogens is 424 g/mol. The van der Waals surface area contributed by atoms with Gasteiger partial charge in [0, 0.05) is 22.4 Å². The van der Waals surface area contributed by atoms with Crippen molar-refractivity contribution >= 4 is 34.0 Å². The Bertz CT molecular complexity index is 1040. The first-order chi connectivity index (χ1) is 13.5. The standard InChI is InChI=1S/C20H15BrN4O3/c1-13-3-2-4-14(9-13)20(27)28-18-6-5-16(21)10-15(18)11-24-25-19(26)17-12-22-7-8-23-17/h2-12H,1H3,(H,25,26)/b24-11+. The summed E-state index contributed by atoms with van der Waals surface area (Å²) in [4.78, 5) is 32.1. The van der Waals surface area contributed by atoms with Gasteiger partial charge in [0.25, 0.3) is 5.91 Å². The van der Waals surface area contributed by atoms with Crippen molar-refractivity contribution in [3.8, 4) is 5.75 Å². The number of halogens is 1. The van der Waals surface area contributed by atoms with E-state index in [4.69, 9.17) is 4.74 Å². The fourth-order valence-corrected chi connectivity index (χ4v) is 2.66. The van der Waals surface area contributed by atoms with Crippen molar-refractivity contribution in [1.29, 1.82) is 0 Å². The van der Waals surface area contributed by atoms with Crippen LogP contribution in [-0.2, 0) is 0 Å². The predicted molar refractivity (Wildman–Crippen MR) is 107 cm³/mol. The number of aryl methyl sites for hydroxylation is 1. The van der Waals surface area contributed by atoms with E-state index in [9.17, 15) is 9.59 Å². The maximum absolute atomic E-state index is 12.4. The Morgan fingerprint density at radius 1 is 1.18 bits per heavy atom. The van der Waals surface area contributed by atoms with Gasteiger partial charge in [0.1, 0.15) is 11.4 Å². The Morgan fingerprint density at radius 2 is 2.04 bits per heavy atom. The van der Waals surface area contributed by atoms with Crippen LogP contribution in [0.3, 0.4) is 0 Å². The summed E-state index contributed by atoms with van der Waals surface area (Å²) in [6.45, 7) is 1.90. The fraction of sp³-hybridized carbons (Fsp3) is 0.0500. The number of aromatic nitrogens is 2. The van der Waals surface area contributed by atoms with Crippen molar-refractivity contribution in [1.82, 2.24) is 15.4 Å². The van der Waals surface area contributed by atoms with Gasteiger partial charge >= 0.3 is 5.97 Å². The molecule has 3 aromatic rings. The molecule has 0 bridgehead atoms. The number of hydrogen-bond acceptors (Lipinski definition) is 6. The number of hydrazone groups is 1. The zero-order chi connectivity index (χ0) is 19.9. The van der Waals surface area contributed by atoms with Crippen molar-refractivity contribution in [2.24, 2.45) is 5.10 Å². The van der Waals surface area contributed by atoms with Crippen LogP contribution in [-0.4, -0.2) is 28.1 Å². The molecule has 0 aliphatic rings. The SMILES string of the molecule is Cc1cccc(C(=O)Oc2ccc(Br)cc2/C=N/NC(=O)c2cnccn2)c1. The summed E-state index contributed by atoms with van der Waals surface area (Å²) in [7, 11) is 0. The van der Waals surface area contributed by atoms with Gasteiger partial charge in [-0.2, -0.15) is 5.10 Å². The van der Waals surface area contributed by atoms with Crippen LogP contribution < -0.4 is 10.2 Å². The summed E-state index contributed by atoms with van der Waals surface area (Å²) in [5, 5.41) is 3.91. The summed E-state index contributed by atoms with van der Waals surface area (Å²) >= 11 is 3.37. The molecule has 7 nitrogen and oxygen atoms in total. The summed E-state index contributed by atoms with van der Waals surface area (Å²) in [6, 6.07) is 12.2. The first kappa shape index (κ1) is 19.4. The van der Waals surface area contributed by atoms with Gasteiger partial charge in [0.05, 0.1) is 18.0 Å². The Morgan fingerprint density at radius 3 is 2.79 bits per heavy atom. The zero-order valence-electron chi connectivity index (χ0n) is 14.8. The molecule has 140 valence electrons. The predicted octanol–water partition coefficient (Wildman–Crippen LogP) is 3.53. The molecule has 0 spiro atoms. The summed E-state index contributed by atoms with van der Waals surface area (Å²) in [5.74, 6) is -0.672. The van der Waals surface area contributed by atoms with E-state index < -0.39 is 11.9 Å². The maximum Gasteiger partial charge on any atom is 0.343 e. The van der Waals surface area contributed by atoms with Gasteiger partial charge in [-0.1, -0.05) is 33.6 Å². The largest absolute Gasteiger partial charge is 0.422 e. The van der Waals surface area contributed by atoms with Crippen molar-refractivity contribution < 1.29 is 14.3 Å². The van der Waals surface area contributed by atoms with Crippen molar-refractivity contribution in [3.63, 3.8) is 0 Å². The molecule has 3 rings (SSSR count). The Hall–Kier alpha value is -3.39. The monoisotopic (exact) mass is 438 g/mol. The topological polar surface area (TPSA) is 93.5 Å². The average Bonchev–Trinajstić information content (AvgIpc) is 2.70. The molecule has 2 aromatic carbocycles. The number of rotatable bonds is 5. The lowest BCUT2D eigenvalue weighted by molar-refractivity contribution is 0.0734. The number of nitrogens with zero attached hydrogens (tertiary/aromatic N) is 3. The lowest BCUT2D eigenvalue weighted by Gasteiger charge is -2.08. The highest BCUT2D eigenvalue weighted by Crippen LogP contribution is 2.23.